The Balaban J connectivity index is 2.17. The molecule has 0 aromatic rings. The highest BCUT2D eigenvalue weighted by Crippen LogP contribution is 2.17. The van der Waals surface area contributed by atoms with Crippen LogP contribution in [0.4, 0.5) is 4.79 Å². The van der Waals surface area contributed by atoms with Crippen LogP contribution >= 0.6 is 0 Å². The van der Waals surface area contributed by atoms with Crippen LogP contribution in [0.3, 0.4) is 0 Å². The topological polar surface area (TPSA) is 72.9 Å². The third-order valence-electron chi connectivity index (χ3n) is 2.06. The smallest absolute Gasteiger partial charge is 0.410 e. The number of likely N-dealkylation sites (tertiary alicyclic amines) is 1. The van der Waals surface area contributed by atoms with Gasteiger partial charge in [-0.05, 0) is 0 Å². The first-order valence-electron chi connectivity index (χ1n) is 4.79. The first-order chi connectivity index (χ1) is 7.42. The van der Waals surface area contributed by atoms with E-state index >= 15 is 0 Å². The van der Waals surface area contributed by atoms with Crippen molar-refractivity contribution < 1.29 is 22.1 Å². The van der Waals surface area contributed by atoms with E-state index in [0.717, 1.165) is 6.26 Å². The number of carbonyl (C=O) groups excluding carboxylic acids is 1. The Morgan fingerprint density at radius 1 is 1.56 bits per heavy atom. The van der Waals surface area contributed by atoms with Gasteiger partial charge in [0.1, 0.15) is 6.61 Å². The van der Waals surface area contributed by atoms with E-state index in [-0.39, 0.29) is 19.1 Å². The van der Waals surface area contributed by atoms with Crippen molar-refractivity contribution >= 4 is 16.2 Å². The van der Waals surface area contributed by atoms with Gasteiger partial charge in [0.15, 0.2) is 0 Å². The molecule has 7 heteroatoms. The lowest BCUT2D eigenvalue weighted by Gasteiger charge is -2.37. The van der Waals surface area contributed by atoms with Crippen LogP contribution in [0.1, 0.15) is 0 Å². The Morgan fingerprint density at radius 3 is 2.69 bits per heavy atom. The van der Waals surface area contributed by atoms with Crippen LogP contribution in [0.15, 0.2) is 12.7 Å². The minimum Gasteiger partial charge on any atom is -0.445 e. The molecule has 0 unspecified atom stereocenters. The predicted octanol–water partition coefficient (Wildman–Crippen LogP) is 0.217. The van der Waals surface area contributed by atoms with Crippen molar-refractivity contribution in [2.24, 2.45) is 5.92 Å². The quantitative estimate of drug-likeness (QED) is 0.514. The largest absolute Gasteiger partial charge is 0.445 e. The van der Waals surface area contributed by atoms with Gasteiger partial charge in [0.25, 0.3) is 10.1 Å². The van der Waals surface area contributed by atoms with Gasteiger partial charge in [-0.1, -0.05) is 12.7 Å². The number of rotatable bonds is 5. The molecule has 0 atom stereocenters. The van der Waals surface area contributed by atoms with E-state index in [2.05, 4.69) is 10.8 Å². The van der Waals surface area contributed by atoms with Crippen LogP contribution in [0.25, 0.3) is 0 Å². The summed E-state index contributed by atoms with van der Waals surface area (Å²) in [5, 5.41) is 0. The summed E-state index contributed by atoms with van der Waals surface area (Å²) < 4.78 is 30.8. The molecule has 0 radical (unpaired) electrons. The summed E-state index contributed by atoms with van der Waals surface area (Å²) in [6.45, 7) is 4.65. The third-order valence-corrected chi connectivity index (χ3v) is 2.62. The Hall–Kier alpha value is -1.08. The summed E-state index contributed by atoms with van der Waals surface area (Å²) in [5.41, 5.74) is 0. The van der Waals surface area contributed by atoms with E-state index in [1.54, 1.807) is 0 Å². The highest BCUT2D eigenvalue weighted by molar-refractivity contribution is 7.85. The number of hydrogen-bond donors (Lipinski definition) is 0. The van der Waals surface area contributed by atoms with Crippen molar-refractivity contribution in [1.82, 2.24) is 4.90 Å². The average molecular weight is 249 g/mol. The summed E-state index contributed by atoms with van der Waals surface area (Å²) in [4.78, 5) is 12.7. The van der Waals surface area contributed by atoms with Gasteiger partial charge in [0, 0.05) is 19.0 Å². The van der Waals surface area contributed by atoms with Gasteiger partial charge in [-0.15, -0.1) is 0 Å². The van der Waals surface area contributed by atoms with Crippen LogP contribution in [0.2, 0.25) is 0 Å². The summed E-state index contributed by atoms with van der Waals surface area (Å²) >= 11 is 0. The molecular formula is C9H15NO5S. The fourth-order valence-corrected chi connectivity index (χ4v) is 1.71. The molecule has 0 spiro atoms. The highest BCUT2D eigenvalue weighted by atomic mass is 32.2. The van der Waals surface area contributed by atoms with Gasteiger partial charge in [0.2, 0.25) is 0 Å². The molecule has 1 aliphatic rings. The first kappa shape index (κ1) is 13.0. The zero-order chi connectivity index (χ0) is 12.2. The van der Waals surface area contributed by atoms with Gasteiger partial charge in [0.05, 0.1) is 12.9 Å². The average Bonchev–Trinajstić information content (AvgIpc) is 2.10. The molecule has 0 saturated carbocycles. The molecule has 6 nitrogen and oxygen atoms in total. The van der Waals surface area contributed by atoms with E-state index in [1.807, 2.05) is 0 Å². The molecule has 1 saturated heterocycles. The Morgan fingerprint density at radius 2 is 2.19 bits per heavy atom. The maximum absolute atomic E-state index is 11.2. The normalized spacial score (nSPS) is 16.7. The summed E-state index contributed by atoms with van der Waals surface area (Å²) in [6, 6.07) is 0. The zero-order valence-electron chi connectivity index (χ0n) is 9.09. The molecule has 1 rings (SSSR count). The SMILES string of the molecule is C=CCOC(=O)N1CC(COS(C)(=O)=O)C1. The Labute approximate surface area is 94.9 Å². The van der Waals surface area contributed by atoms with Crippen molar-refractivity contribution in [2.75, 3.05) is 32.6 Å². The molecular weight excluding hydrogens is 234 g/mol. The van der Waals surface area contributed by atoms with Gasteiger partial charge in [-0.3, -0.25) is 4.18 Å². The van der Waals surface area contributed by atoms with Crippen molar-refractivity contribution in [3.63, 3.8) is 0 Å². The van der Waals surface area contributed by atoms with E-state index < -0.39 is 16.2 Å². The fraction of sp³-hybridized carbons (Fsp3) is 0.667. The van der Waals surface area contributed by atoms with E-state index in [0.29, 0.717) is 13.1 Å². The lowest BCUT2D eigenvalue weighted by molar-refractivity contribution is 0.0440. The number of hydrogen-bond acceptors (Lipinski definition) is 5. The van der Waals surface area contributed by atoms with Crippen LogP contribution in [0.5, 0.6) is 0 Å². The molecule has 0 aromatic carbocycles. The first-order valence-corrected chi connectivity index (χ1v) is 6.61. The second kappa shape index (κ2) is 5.31. The summed E-state index contributed by atoms with van der Waals surface area (Å²) in [6.07, 6.45) is 2.08. The standard InChI is InChI=1S/C9H15NO5S/c1-3-4-14-9(11)10-5-8(6-10)7-15-16(2,12)13/h3,8H,1,4-7H2,2H3. The Bertz CT molecular complexity index is 358. The molecule has 1 amide bonds. The van der Waals surface area contributed by atoms with Gasteiger partial charge in [-0.25, -0.2) is 4.79 Å². The number of nitrogens with zero attached hydrogens (tertiary/aromatic N) is 1. The molecule has 0 N–H and O–H groups in total. The second-order valence-corrected chi connectivity index (χ2v) is 5.27. The minimum absolute atomic E-state index is 0.0611. The van der Waals surface area contributed by atoms with E-state index in [9.17, 15) is 13.2 Å². The second-order valence-electron chi connectivity index (χ2n) is 3.63. The number of ether oxygens (including phenoxy) is 1. The van der Waals surface area contributed by atoms with Gasteiger partial charge < -0.3 is 9.64 Å². The van der Waals surface area contributed by atoms with Crippen molar-refractivity contribution in [1.29, 1.82) is 0 Å². The molecule has 1 fully saturated rings. The molecule has 0 aromatic heterocycles. The molecule has 1 heterocycles. The molecule has 16 heavy (non-hydrogen) atoms. The molecule has 0 aliphatic carbocycles. The molecule has 92 valence electrons. The fourth-order valence-electron chi connectivity index (χ4n) is 1.27. The summed E-state index contributed by atoms with van der Waals surface area (Å²) in [7, 11) is -3.40. The van der Waals surface area contributed by atoms with E-state index in [4.69, 9.17) is 4.74 Å². The predicted molar refractivity (Wildman–Crippen MR) is 57.4 cm³/mol. The van der Waals surface area contributed by atoms with Crippen LogP contribution < -0.4 is 0 Å². The van der Waals surface area contributed by atoms with Crippen molar-refractivity contribution in [3.8, 4) is 0 Å². The number of amides is 1. The third kappa shape index (κ3) is 4.19. The summed E-state index contributed by atoms with van der Waals surface area (Å²) in [5.74, 6) is 0.0611. The monoisotopic (exact) mass is 249 g/mol. The van der Waals surface area contributed by atoms with Crippen molar-refractivity contribution in [2.45, 2.75) is 0 Å². The lowest BCUT2D eigenvalue weighted by Crippen LogP contribution is -2.52. The lowest BCUT2D eigenvalue weighted by atomic mass is 10.0. The highest BCUT2D eigenvalue weighted by Gasteiger charge is 2.32. The van der Waals surface area contributed by atoms with Crippen molar-refractivity contribution in [3.05, 3.63) is 12.7 Å². The van der Waals surface area contributed by atoms with Crippen LogP contribution in [0, 0.1) is 5.92 Å². The van der Waals surface area contributed by atoms with Gasteiger partial charge >= 0.3 is 6.09 Å². The van der Waals surface area contributed by atoms with Crippen LogP contribution in [-0.2, 0) is 19.0 Å². The van der Waals surface area contributed by atoms with Crippen LogP contribution in [-0.4, -0.2) is 52.0 Å². The molecule has 0 bridgehead atoms. The molecule has 1 aliphatic heterocycles. The van der Waals surface area contributed by atoms with Gasteiger partial charge in [-0.2, -0.15) is 8.42 Å². The Kier molecular flexibility index (Phi) is 4.31. The van der Waals surface area contributed by atoms with E-state index in [1.165, 1.54) is 11.0 Å². The number of carbonyl (C=O) groups is 1. The minimum atomic E-state index is -3.40. The maximum atomic E-state index is 11.2. The maximum Gasteiger partial charge on any atom is 0.410 e. The zero-order valence-corrected chi connectivity index (χ0v) is 9.90.